The highest BCUT2D eigenvalue weighted by molar-refractivity contribution is 5.61. The number of nitrogens with zero attached hydrogens (tertiary/aromatic N) is 7. The zero-order valence-corrected chi connectivity index (χ0v) is 17.1. The molecule has 4 rings (SSSR count). The summed E-state index contributed by atoms with van der Waals surface area (Å²) in [5.41, 5.74) is 1.47. The fourth-order valence-corrected chi connectivity index (χ4v) is 3.42. The summed E-state index contributed by atoms with van der Waals surface area (Å²) in [6.45, 7) is 4.58. The Kier molecular flexibility index (Phi) is 5.81. The Morgan fingerprint density at radius 1 is 1.23 bits per heavy atom. The Labute approximate surface area is 173 Å². The zero-order chi connectivity index (χ0) is 21.1. The highest BCUT2D eigenvalue weighted by Gasteiger charge is 2.17. The lowest BCUT2D eigenvalue weighted by Gasteiger charge is -2.20. The van der Waals surface area contributed by atoms with Crippen molar-refractivity contribution >= 4 is 17.7 Å². The summed E-state index contributed by atoms with van der Waals surface area (Å²) < 4.78 is 6.69. The van der Waals surface area contributed by atoms with Crippen LogP contribution in [-0.4, -0.2) is 93.2 Å². The number of aromatic amines is 1. The van der Waals surface area contributed by atoms with E-state index in [-0.39, 0.29) is 11.8 Å². The van der Waals surface area contributed by atoms with Gasteiger partial charge in [-0.2, -0.15) is 19.6 Å². The Morgan fingerprint density at radius 3 is 2.87 bits per heavy atom. The average Bonchev–Trinajstić information content (AvgIpc) is 3.18. The third kappa shape index (κ3) is 4.21. The number of ether oxygens (including phenoxy) is 1. The van der Waals surface area contributed by atoms with Crippen molar-refractivity contribution in [3.05, 3.63) is 28.7 Å². The molecular formula is C19H26N8O3. The second-order valence-corrected chi connectivity index (χ2v) is 7.28. The predicted octanol–water partition coefficient (Wildman–Crippen LogP) is -0.900. The molecule has 3 N–H and O–H groups in total. The number of aromatic nitrogens is 5. The summed E-state index contributed by atoms with van der Waals surface area (Å²) >= 11 is 0. The molecule has 0 aromatic carbocycles. The van der Waals surface area contributed by atoms with Crippen molar-refractivity contribution in [3.8, 4) is 11.8 Å². The van der Waals surface area contributed by atoms with Crippen LogP contribution in [0, 0.1) is 0 Å². The van der Waals surface area contributed by atoms with Crippen LogP contribution < -0.4 is 15.7 Å². The van der Waals surface area contributed by atoms with E-state index in [2.05, 4.69) is 36.9 Å². The van der Waals surface area contributed by atoms with E-state index in [1.807, 2.05) is 0 Å². The van der Waals surface area contributed by atoms with E-state index in [0.29, 0.717) is 41.1 Å². The van der Waals surface area contributed by atoms with E-state index < -0.39 is 0 Å². The highest BCUT2D eigenvalue weighted by atomic mass is 16.5. The van der Waals surface area contributed by atoms with Crippen molar-refractivity contribution in [2.45, 2.75) is 6.42 Å². The Hall–Kier alpha value is -3.18. The minimum Gasteiger partial charge on any atom is -0.494 e. The van der Waals surface area contributed by atoms with Crippen molar-refractivity contribution < 1.29 is 14.9 Å². The molecule has 4 heterocycles. The molecule has 1 saturated heterocycles. The van der Waals surface area contributed by atoms with Crippen LogP contribution in [0.15, 0.2) is 17.3 Å². The molecule has 0 bridgehead atoms. The lowest BCUT2D eigenvalue weighted by Crippen LogP contribution is -2.34. The van der Waals surface area contributed by atoms with E-state index >= 15 is 0 Å². The van der Waals surface area contributed by atoms with Crippen LogP contribution in [0.4, 0.5) is 5.95 Å². The number of nitrogens with one attached hydrogen (secondary N) is 1. The molecule has 1 aliphatic heterocycles. The highest BCUT2D eigenvalue weighted by Crippen LogP contribution is 2.21. The van der Waals surface area contributed by atoms with E-state index in [1.165, 1.54) is 6.07 Å². The van der Waals surface area contributed by atoms with Crippen molar-refractivity contribution in [1.82, 2.24) is 29.5 Å². The second-order valence-electron chi connectivity index (χ2n) is 7.28. The quantitative estimate of drug-likeness (QED) is 0.459. The van der Waals surface area contributed by atoms with Gasteiger partial charge in [-0.25, -0.2) is 4.99 Å². The number of likely N-dealkylation sites (N-methyl/N-ethyl adjacent to an activating group) is 1. The molecule has 11 nitrogen and oxygen atoms in total. The van der Waals surface area contributed by atoms with Gasteiger partial charge >= 0.3 is 0 Å². The third-order valence-electron chi connectivity index (χ3n) is 5.04. The van der Waals surface area contributed by atoms with Gasteiger partial charge in [0.15, 0.2) is 17.4 Å². The van der Waals surface area contributed by atoms with Gasteiger partial charge in [-0.1, -0.05) is 0 Å². The van der Waals surface area contributed by atoms with Gasteiger partial charge < -0.3 is 24.7 Å². The minimum atomic E-state index is -0.123. The van der Waals surface area contributed by atoms with Gasteiger partial charge in [-0.05, 0) is 26.1 Å². The molecule has 0 radical (unpaired) electrons. The van der Waals surface area contributed by atoms with Crippen LogP contribution in [0.3, 0.4) is 0 Å². The second kappa shape index (κ2) is 8.67. The van der Waals surface area contributed by atoms with Gasteiger partial charge in [0.2, 0.25) is 5.95 Å². The summed E-state index contributed by atoms with van der Waals surface area (Å²) in [5, 5.41) is 24.6. The van der Waals surface area contributed by atoms with Gasteiger partial charge in [-0.3, -0.25) is 4.98 Å². The van der Waals surface area contributed by atoms with Crippen LogP contribution in [0.1, 0.15) is 12.0 Å². The van der Waals surface area contributed by atoms with Gasteiger partial charge in [0, 0.05) is 43.6 Å². The fraction of sp³-hybridized carbons (Fsp3) is 0.474. The molecule has 3 aromatic rings. The number of aromatic hydroxyl groups is 2. The average molecular weight is 414 g/mol. The standard InChI is InChI=1S/C19H26N8O3/c1-25-5-3-6-26(8-7-25)19-23-16-14(10-13-11-15(28)22-17(13)29)12-21-27(16)18(24-19)20-4-9-30-2/h10-12,22,28-29H,3-9H2,1-2H3. The summed E-state index contributed by atoms with van der Waals surface area (Å²) in [5.74, 6) is 0.362. The number of fused-ring (bicyclic) bond motifs is 1. The molecular weight excluding hydrogens is 388 g/mol. The molecule has 0 amide bonds. The molecule has 0 unspecified atom stereocenters. The first-order valence-electron chi connectivity index (χ1n) is 9.86. The van der Waals surface area contributed by atoms with Gasteiger partial charge in [0.25, 0.3) is 5.62 Å². The number of hydrogen-bond donors (Lipinski definition) is 3. The molecule has 3 aromatic heterocycles. The third-order valence-corrected chi connectivity index (χ3v) is 5.04. The Balaban J connectivity index is 1.84. The zero-order valence-electron chi connectivity index (χ0n) is 17.1. The van der Waals surface area contributed by atoms with Crippen LogP contribution >= 0.6 is 0 Å². The van der Waals surface area contributed by atoms with Gasteiger partial charge in [0.05, 0.1) is 19.3 Å². The first-order chi connectivity index (χ1) is 14.5. The molecule has 0 atom stereocenters. The summed E-state index contributed by atoms with van der Waals surface area (Å²) in [4.78, 5) is 20.9. The maximum Gasteiger partial charge on any atom is 0.251 e. The molecule has 11 heteroatoms. The fourth-order valence-electron chi connectivity index (χ4n) is 3.42. The van der Waals surface area contributed by atoms with Crippen LogP contribution in [0.25, 0.3) is 11.7 Å². The molecule has 0 saturated carbocycles. The van der Waals surface area contributed by atoms with Gasteiger partial charge in [0.1, 0.15) is 0 Å². The number of rotatable bonds is 5. The van der Waals surface area contributed by atoms with Crippen molar-refractivity contribution in [2.24, 2.45) is 4.99 Å². The SMILES string of the molecule is COCCN=c1nc(N2CCCN(C)CC2)nc2c(=Cc3cc(O)[nH]c3O)cnn12. The number of H-pyrrole nitrogens is 1. The summed E-state index contributed by atoms with van der Waals surface area (Å²) in [6.07, 6.45) is 4.37. The largest absolute Gasteiger partial charge is 0.494 e. The van der Waals surface area contributed by atoms with Crippen LogP contribution in [0.2, 0.25) is 0 Å². The minimum absolute atomic E-state index is 0.116. The van der Waals surface area contributed by atoms with Crippen molar-refractivity contribution in [3.63, 3.8) is 0 Å². The van der Waals surface area contributed by atoms with Gasteiger partial charge in [-0.15, -0.1) is 0 Å². The monoisotopic (exact) mass is 414 g/mol. The smallest absolute Gasteiger partial charge is 0.251 e. The summed E-state index contributed by atoms with van der Waals surface area (Å²) in [6, 6.07) is 1.44. The topological polar surface area (TPSA) is 127 Å². The van der Waals surface area contributed by atoms with Crippen LogP contribution in [0.5, 0.6) is 11.8 Å². The first kappa shape index (κ1) is 20.1. The predicted molar refractivity (Wildman–Crippen MR) is 110 cm³/mol. The Morgan fingerprint density at radius 2 is 2.10 bits per heavy atom. The number of methoxy groups -OCH3 is 1. The molecule has 0 aliphatic carbocycles. The molecule has 1 fully saturated rings. The van der Waals surface area contributed by atoms with E-state index in [1.54, 1.807) is 23.9 Å². The maximum atomic E-state index is 9.96. The van der Waals surface area contributed by atoms with E-state index in [4.69, 9.17) is 9.72 Å². The lowest BCUT2D eigenvalue weighted by atomic mass is 10.2. The van der Waals surface area contributed by atoms with Crippen LogP contribution in [-0.2, 0) is 4.74 Å². The normalized spacial score (nSPS) is 17.2. The molecule has 160 valence electrons. The number of anilines is 1. The lowest BCUT2D eigenvalue weighted by molar-refractivity contribution is 0.207. The van der Waals surface area contributed by atoms with E-state index in [0.717, 1.165) is 32.6 Å². The first-order valence-corrected chi connectivity index (χ1v) is 9.86. The maximum absolute atomic E-state index is 9.96. The Bertz CT molecular complexity index is 1140. The molecule has 0 spiro atoms. The molecule has 1 aliphatic rings. The van der Waals surface area contributed by atoms with E-state index in [9.17, 15) is 10.2 Å². The van der Waals surface area contributed by atoms with Crippen molar-refractivity contribution in [1.29, 1.82) is 0 Å². The summed E-state index contributed by atoms with van der Waals surface area (Å²) in [7, 11) is 3.74. The number of hydrogen-bond acceptors (Lipinski definition) is 9. The molecule has 30 heavy (non-hydrogen) atoms. The van der Waals surface area contributed by atoms with Crippen molar-refractivity contribution in [2.75, 3.05) is 58.4 Å².